The second-order valence-electron chi connectivity index (χ2n) is 3.84. The highest BCUT2D eigenvalue weighted by Crippen LogP contribution is 2.06. The van der Waals surface area contributed by atoms with Gasteiger partial charge in [0.2, 0.25) is 0 Å². The van der Waals surface area contributed by atoms with Gasteiger partial charge in [-0.1, -0.05) is 6.92 Å². The summed E-state index contributed by atoms with van der Waals surface area (Å²) in [5, 5.41) is 12.3. The molecule has 72 valence electrons. The van der Waals surface area contributed by atoms with E-state index in [9.17, 15) is 0 Å². The van der Waals surface area contributed by atoms with Crippen molar-refractivity contribution < 1.29 is 5.11 Å². The molecule has 3 nitrogen and oxygen atoms in total. The summed E-state index contributed by atoms with van der Waals surface area (Å²) in [7, 11) is 0. The molecule has 0 aromatic rings. The van der Waals surface area contributed by atoms with Gasteiger partial charge in [-0.05, 0) is 12.8 Å². The van der Waals surface area contributed by atoms with Crippen molar-refractivity contribution in [1.29, 1.82) is 0 Å². The summed E-state index contributed by atoms with van der Waals surface area (Å²) in [6.45, 7) is 8.94. The van der Waals surface area contributed by atoms with Crippen LogP contribution in [0.4, 0.5) is 0 Å². The Balaban J connectivity index is 2.28. The minimum absolute atomic E-state index is 0.302. The number of aliphatic hydroxyl groups is 1. The number of nitrogens with one attached hydrogen (secondary N) is 1. The zero-order valence-corrected chi connectivity index (χ0v) is 8.08. The Hall–Kier alpha value is -0.120. The molecule has 0 aromatic heterocycles. The van der Waals surface area contributed by atoms with Crippen LogP contribution in [-0.2, 0) is 0 Å². The van der Waals surface area contributed by atoms with E-state index in [-0.39, 0.29) is 0 Å². The van der Waals surface area contributed by atoms with E-state index >= 15 is 0 Å². The van der Waals surface area contributed by atoms with Gasteiger partial charge in [0, 0.05) is 38.8 Å². The summed E-state index contributed by atoms with van der Waals surface area (Å²) in [4.78, 5) is 2.44. The molecule has 1 heterocycles. The quantitative estimate of drug-likeness (QED) is 0.624. The average Bonchev–Trinajstić information content (AvgIpc) is 2.09. The summed E-state index contributed by atoms with van der Waals surface area (Å²) in [5.74, 6) is 0.408. The van der Waals surface area contributed by atoms with Crippen LogP contribution in [0.1, 0.15) is 13.8 Å². The fourth-order valence-electron chi connectivity index (χ4n) is 1.61. The summed E-state index contributed by atoms with van der Waals surface area (Å²) in [6, 6.07) is 0.618. The minimum Gasteiger partial charge on any atom is -0.396 e. The van der Waals surface area contributed by atoms with Gasteiger partial charge in [0.05, 0.1) is 0 Å². The van der Waals surface area contributed by atoms with Crippen LogP contribution in [0.15, 0.2) is 0 Å². The zero-order chi connectivity index (χ0) is 8.97. The third-order valence-electron chi connectivity index (χ3n) is 2.50. The summed E-state index contributed by atoms with van der Waals surface area (Å²) < 4.78 is 0. The molecule has 0 saturated carbocycles. The number of piperazine rings is 1. The average molecular weight is 172 g/mol. The number of aliphatic hydroxyl groups excluding tert-OH is 1. The Morgan fingerprint density at radius 2 is 2.42 bits per heavy atom. The number of rotatable bonds is 3. The van der Waals surface area contributed by atoms with E-state index in [0.717, 1.165) is 26.2 Å². The lowest BCUT2D eigenvalue weighted by atomic mass is 10.1. The minimum atomic E-state index is 0.302. The van der Waals surface area contributed by atoms with Crippen molar-refractivity contribution in [3.63, 3.8) is 0 Å². The van der Waals surface area contributed by atoms with E-state index in [1.54, 1.807) is 0 Å². The van der Waals surface area contributed by atoms with Gasteiger partial charge in [-0.25, -0.2) is 0 Å². The number of nitrogens with zero attached hydrogens (tertiary/aromatic N) is 1. The smallest absolute Gasteiger partial charge is 0.0468 e. The van der Waals surface area contributed by atoms with Crippen LogP contribution in [0, 0.1) is 5.92 Å². The number of hydrogen-bond donors (Lipinski definition) is 2. The molecule has 1 aliphatic heterocycles. The Bertz CT molecular complexity index is 130. The second-order valence-corrected chi connectivity index (χ2v) is 3.84. The van der Waals surface area contributed by atoms with Crippen LogP contribution in [0.3, 0.4) is 0 Å². The van der Waals surface area contributed by atoms with Gasteiger partial charge in [-0.15, -0.1) is 0 Å². The fraction of sp³-hybridized carbons (Fsp3) is 1.00. The van der Waals surface area contributed by atoms with Crippen molar-refractivity contribution in [1.82, 2.24) is 10.2 Å². The lowest BCUT2D eigenvalue weighted by Crippen LogP contribution is -2.51. The molecule has 0 spiro atoms. The topological polar surface area (TPSA) is 35.5 Å². The third-order valence-corrected chi connectivity index (χ3v) is 2.50. The van der Waals surface area contributed by atoms with Gasteiger partial charge < -0.3 is 10.4 Å². The van der Waals surface area contributed by atoms with Gasteiger partial charge in [0.15, 0.2) is 0 Å². The van der Waals surface area contributed by atoms with E-state index in [1.165, 1.54) is 0 Å². The zero-order valence-electron chi connectivity index (χ0n) is 8.08. The Morgan fingerprint density at radius 1 is 1.67 bits per heavy atom. The molecule has 1 unspecified atom stereocenters. The highest BCUT2D eigenvalue weighted by atomic mass is 16.3. The summed E-state index contributed by atoms with van der Waals surface area (Å²) >= 11 is 0. The van der Waals surface area contributed by atoms with Crippen LogP contribution in [0.2, 0.25) is 0 Å². The molecule has 2 atom stereocenters. The van der Waals surface area contributed by atoms with E-state index in [4.69, 9.17) is 5.11 Å². The lowest BCUT2D eigenvalue weighted by molar-refractivity contribution is 0.124. The molecule has 0 aromatic carbocycles. The van der Waals surface area contributed by atoms with Gasteiger partial charge in [-0.2, -0.15) is 0 Å². The normalized spacial score (nSPS) is 28.8. The molecule has 1 rings (SSSR count). The van der Waals surface area contributed by atoms with E-state index in [0.29, 0.717) is 18.6 Å². The van der Waals surface area contributed by atoms with E-state index in [1.807, 2.05) is 0 Å². The molecule has 2 N–H and O–H groups in total. The predicted molar refractivity (Wildman–Crippen MR) is 50.2 cm³/mol. The predicted octanol–water partition coefficient (Wildman–Crippen LogP) is -0.0915. The van der Waals surface area contributed by atoms with Gasteiger partial charge in [-0.3, -0.25) is 4.90 Å². The SMILES string of the molecule is CC(CO)CN1CCNC[C@H]1C. The van der Waals surface area contributed by atoms with Crippen molar-refractivity contribution in [3.8, 4) is 0 Å². The Morgan fingerprint density at radius 3 is 3.00 bits per heavy atom. The monoisotopic (exact) mass is 172 g/mol. The lowest BCUT2D eigenvalue weighted by Gasteiger charge is -2.35. The maximum Gasteiger partial charge on any atom is 0.0468 e. The Labute approximate surface area is 74.8 Å². The van der Waals surface area contributed by atoms with Crippen molar-refractivity contribution in [2.45, 2.75) is 19.9 Å². The molecule has 0 amide bonds. The van der Waals surface area contributed by atoms with Crippen LogP contribution in [0.5, 0.6) is 0 Å². The molecule has 0 bridgehead atoms. The molecular weight excluding hydrogens is 152 g/mol. The van der Waals surface area contributed by atoms with Crippen LogP contribution >= 0.6 is 0 Å². The van der Waals surface area contributed by atoms with Crippen molar-refractivity contribution in [2.75, 3.05) is 32.8 Å². The molecule has 12 heavy (non-hydrogen) atoms. The number of hydrogen-bond acceptors (Lipinski definition) is 3. The van der Waals surface area contributed by atoms with Gasteiger partial charge in [0.25, 0.3) is 0 Å². The summed E-state index contributed by atoms with van der Waals surface area (Å²) in [6.07, 6.45) is 0. The van der Waals surface area contributed by atoms with Crippen LogP contribution in [0.25, 0.3) is 0 Å². The van der Waals surface area contributed by atoms with Crippen molar-refractivity contribution in [2.24, 2.45) is 5.92 Å². The van der Waals surface area contributed by atoms with Crippen LogP contribution in [-0.4, -0.2) is 48.8 Å². The van der Waals surface area contributed by atoms with Crippen molar-refractivity contribution in [3.05, 3.63) is 0 Å². The first-order valence-corrected chi connectivity index (χ1v) is 4.79. The second kappa shape index (κ2) is 4.80. The maximum atomic E-state index is 8.91. The molecule has 1 aliphatic rings. The molecule has 1 fully saturated rings. The largest absolute Gasteiger partial charge is 0.396 e. The first kappa shape index (κ1) is 9.96. The molecule has 0 aliphatic carbocycles. The molecular formula is C9H20N2O. The molecule has 1 saturated heterocycles. The van der Waals surface area contributed by atoms with E-state index in [2.05, 4.69) is 24.1 Å². The van der Waals surface area contributed by atoms with E-state index < -0.39 is 0 Å². The maximum absolute atomic E-state index is 8.91. The summed E-state index contributed by atoms with van der Waals surface area (Å²) in [5.41, 5.74) is 0. The highest BCUT2D eigenvalue weighted by molar-refractivity contribution is 4.76. The first-order valence-electron chi connectivity index (χ1n) is 4.79. The standard InChI is InChI=1S/C9H20N2O/c1-8(7-12)6-11-4-3-10-5-9(11)2/h8-10,12H,3-7H2,1-2H3/t8?,9-/m1/s1. The molecule has 3 heteroatoms. The third kappa shape index (κ3) is 2.73. The van der Waals surface area contributed by atoms with Crippen molar-refractivity contribution >= 4 is 0 Å². The first-order chi connectivity index (χ1) is 5.74. The molecule has 0 radical (unpaired) electrons. The fourth-order valence-corrected chi connectivity index (χ4v) is 1.61. The Kier molecular flexibility index (Phi) is 3.98. The van der Waals surface area contributed by atoms with Crippen LogP contribution < -0.4 is 5.32 Å². The highest BCUT2D eigenvalue weighted by Gasteiger charge is 2.18. The van der Waals surface area contributed by atoms with Gasteiger partial charge >= 0.3 is 0 Å². The van der Waals surface area contributed by atoms with Gasteiger partial charge in [0.1, 0.15) is 0 Å².